The van der Waals surface area contributed by atoms with Crippen LogP contribution < -0.4 is 0 Å². The van der Waals surface area contributed by atoms with Crippen LogP contribution in [0.3, 0.4) is 0 Å². The third-order valence-electron chi connectivity index (χ3n) is 2.07. The van der Waals surface area contributed by atoms with Crippen LogP contribution in [0.4, 0.5) is 57.1 Å². The summed E-state index contributed by atoms with van der Waals surface area (Å²) >= 11 is 0. The van der Waals surface area contributed by atoms with Crippen LogP contribution >= 0.6 is 0 Å². The maximum Gasteiger partial charge on any atom is 0.460 e. The van der Waals surface area contributed by atoms with Crippen molar-refractivity contribution >= 4 is 0 Å². The van der Waals surface area contributed by atoms with Gasteiger partial charge in [-0.05, 0) is 0 Å². The van der Waals surface area contributed by atoms with Crippen molar-refractivity contribution < 1.29 is 61.8 Å². The number of hydrogen-bond donors (Lipinski definition) is 0. The number of hydrogen-bond acceptors (Lipinski definition) is 2. The van der Waals surface area contributed by atoms with Crippen LogP contribution in [0, 0.1) is 11.3 Å². The van der Waals surface area contributed by atoms with E-state index in [1.807, 2.05) is 0 Å². The molecule has 0 rings (SSSR count). The molecule has 0 amide bonds. The molecule has 1 unspecified atom stereocenters. The zero-order valence-corrected chi connectivity index (χ0v) is 9.77. The van der Waals surface area contributed by atoms with E-state index in [0.29, 0.717) is 0 Å². The molecular formula is C8F13NO. The van der Waals surface area contributed by atoms with Crippen molar-refractivity contribution in [3.63, 3.8) is 0 Å². The van der Waals surface area contributed by atoms with Crippen LogP contribution in [-0.2, 0) is 4.74 Å². The van der Waals surface area contributed by atoms with Gasteiger partial charge in [0.2, 0.25) is 0 Å². The molecule has 0 aromatic carbocycles. The van der Waals surface area contributed by atoms with Crippen LogP contribution in [0.5, 0.6) is 0 Å². The van der Waals surface area contributed by atoms with E-state index in [-0.39, 0.29) is 0 Å². The lowest BCUT2D eigenvalue weighted by molar-refractivity contribution is -0.424. The summed E-state index contributed by atoms with van der Waals surface area (Å²) in [7, 11) is 0. The molecule has 0 saturated heterocycles. The van der Waals surface area contributed by atoms with E-state index in [1.54, 1.807) is 0 Å². The molecule has 0 N–H and O–H groups in total. The molecule has 0 aliphatic rings. The van der Waals surface area contributed by atoms with Crippen LogP contribution in [-0.4, -0.2) is 29.8 Å². The second-order valence-corrected chi connectivity index (χ2v) is 3.56. The van der Waals surface area contributed by atoms with Gasteiger partial charge in [0.1, 0.15) is 0 Å². The molecule has 134 valence electrons. The maximum atomic E-state index is 13.2. The van der Waals surface area contributed by atoms with Gasteiger partial charge >= 0.3 is 41.9 Å². The van der Waals surface area contributed by atoms with Gasteiger partial charge in [0.25, 0.3) is 0 Å². The van der Waals surface area contributed by atoms with Crippen LogP contribution in [0.2, 0.25) is 0 Å². The minimum Gasteiger partial charge on any atom is -0.412 e. The molecule has 0 bridgehead atoms. The Kier molecular flexibility index (Phi) is 5.18. The van der Waals surface area contributed by atoms with E-state index in [0.717, 1.165) is 0 Å². The summed E-state index contributed by atoms with van der Waals surface area (Å²) in [5, 5.41) is 7.86. The fraction of sp³-hybridized carbons (Fsp3) is 0.625. The first-order valence-electron chi connectivity index (χ1n) is 4.59. The molecule has 0 aromatic heterocycles. The van der Waals surface area contributed by atoms with Gasteiger partial charge in [-0.25, -0.2) is 0 Å². The average molecular weight is 373 g/mol. The lowest BCUT2D eigenvalue weighted by atomic mass is 9.98. The second-order valence-electron chi connectivity index (χ2n) is 3.56. The Bertz CT molecular complexity index is 525. The molecule has 1 atom stereocenters. The Morgan fingerprint density at radius 2 is 1.09 bits per heavy atom. The zero-order valence-electron chi connectivity index (χ0n) is 9.77. The molecule has 0 aliphatic heterocycles. The van der Waals surface area contributed by atoms with Crippen LogP contribution in [0.25, 0.3) is 0 Å². The maximum absolute atomic E-state index is 13.2. The predicted octanol–water partition coefficient (Wildman–Crippen LogP) is 4.70. The first-order chi connectivity index (χ1) is 9.89. The number of nitriles is 1. The normalized spacial score (nSPS) is 16.3. The van der Waals surface area contributed by atoms with Crippen molar-refractivity contribution in [3.05, 3.63) is 12.1 Å². The Morgan fingerprint density at radius 3 is 1.35 bits per heavy atom. The summed E-state index contributed by atoms with van der Waals surface area (Å²) in [5.74, 6) is -29.1. The smallest absolute Gasteiger partial charge is 0.412 e. The molecule has 0 spiro atoms. The van der Waals surface area contributed by atoms with E-state index < -0.39 is 48.0 Å². The Balaban J connectivity index is 6.22. The topological polar surface area (TPSA) is 33.0 Å². The van der Waals surface area contributed by atoms with Crippen molar-refractivity contribution in [1.82, 2.24) is 0 Å². The Labute approximate surface area is 116 Å². The minimum atomic E-state index is -7.71. The van der Waals surface area contributed by atoms with Crippen LogP contribution in [0.15, 0.2) is 12.1 Å². The zero-order chi connectivity index (χ0) is 19.1. The van der Waals surface area contributed by atoms with Gasteiger partial charge in [-0.1, -0.05) is 0 Å². The second kappa shape index (κ2) is 5.64. The molecule has 0 radical (unpaired) electrons. The summed E-state index contributed by atoms with van der Waals surface area (Å²) in [6, 6.07) is -4.40. The molecule has 0 heterocycles. The highest BCUT2D eigenvalue weighted by Crippen LogP contribution is 2.57. The molecule has 2 nitrogen and oxygen atoms in total. The predicted molar refractivity (Wildman–Crippen MR) is 41.8 cm³/mol. The van der Waals surface area contributed by atoms with Gasteiger partial charge in [0.05, 0.1) is 0 Å². The largest absolute Gasteiger partial charge is 0.460 e. The average Bonchev–Trinajstić information content (AvgIpc) is 2.36. The van der Waals surface area contributed by atoms with Gasteiger partial charge in [0, 0.05) is 0 Å². The van der Waals surface area contributed by atoms with Gasteiger partial charge in [-0.3, -0.25) is 0 Å². The Morgan fingerprint density at radius 1 is 0.696 bits per heavy atom. The summed E-state index contributed by atoms with van der Waals surface area (Å²) in [5.41, 5.74) is 0. The summed E-state index contributed by atoms with van der Waals surface area (Å²) in [6.45, 7) is 0. The minimum absolute atomic E-state index is 0.693. The molecule has 15 heteroatoms. The third-order valence-corrected chi connectivity index (χ3v) is 2.07. The summed E-state index contributed by atoms with van der Waals surface area (Å²) < 4.78 is 162. The highest BCUT2D eigenvalue weighted by molar-refractivity contribution is 5.15. The molecule has 23 heavy (non-hydrogen) atoms. The van der Waals surface area contributed by atoms with Crippen molar-refractivity contribution in [3.8, 4) is 6.07 Å². The lowest BCUT2D eigenvalue weighted by Crippen LogP contribution is -2.67. The van der Waals surface area contributed by atoms with E-state index >= 15 is 0 Å². The lowest BCUT2D eigenvalue weighted by Gasteiger charge is -2.36. The SMILES string of the molecule is N#CC(F)(OC(F)=C(F)F)C(F)(F)C(F)(F)C(F)(F)C(F)(F)F. The van der Waals surface area contributed by atoms with E-state index in [1.165, 1.54) is 0 Å². The standard InChI is InChI=1S/C8F13NO/c9-2(10)3(11)23-4(12,1-22)5(13,14)6(15,16)7(17,18)8(19,20)21. The summed E-state index contributed by atoms with van der Waals surface area (Å²) in [6.07, 6.45) is -11.2. The third kappa shape index (κ3) is 3.11. The number of ether oxygens (including phenoxy) is 1. The molecule has 0 aromatic rings. The molecular weight excluding hydrogens is 373 g/mol. The fourth-order valence-electron chi connectivity index (χ4n) is 0.896. The highest BCUT2D eigenvalue weighted by Gasteiger charge is 2.88. The number of alkyl halides is 10. The molecule has 0 fully saturated rings. The van der Waals surface area contributed by atoms with Crippen molar-refractivity contribution in [2.75, 3.05) is 0 Å². The molecule has 0 aliphatic carbocycles. The number of nitrogens with zero attached hydrogens (tertiary/aromatic N) is 1. The Hall–Kier alpha value is -1.88. The van der Waals surface area contributed by atoms with E-state index in [2.05, 4.69) is 4.74 Å². The first-order valence-corrected chi connectivity index (χ1v) is 4.59. The van der Waals surface area contributed by atoms with Crippen molar-refractivity contribution in [1.29, 1.82) is 5.26 Å². The first kappa shape index (κ1) is 21.1. The fourth-order valence-corrected chi connectivity index (χ4v) is 0.896. The highest BCUT2D eigenvalue weighted by atomic mass is 19.4. The van der Waals surface area contributed by atoms with Crippen molar-refractivity contribution in [2.24, 2.45) is 0 Å². The van der Waals surface area contributed by atoms with Gasteiger partial charge in [-0.15, -0.1) is 0 Å². The van der Waals surface area contributed by atoms with Crippen LogP contribution in [0.1, 0.15) is 0 Å². The summed E-state index contributed by atoms with van der Waals surface area (Å²) in [4.78, 5) is 0. The van der Waals surface area contributed by atoms with Crippen molar-refractivity contribution in [2.45, 2.75) is 29.8 Å². The monoisotopic (exact) mass is 373 g/mol. The van der Waals surface area contributed by atoms with E-state index in [9.17, 15) is 57.1 Å². The van der Waals surface area contributed by atoms with Gasteiger partial charge in [-0.2, -0.15) is 62.3 Å². The van der Waals surface area contributed by atoms with Gasteiger partial charge < -0.3 is 4.74 Å². The number of halogens is 13. The van der Waals surface area contributed by atoms with Gasteiger partial charge in [0.15, 0.2) is 6.07 Å². The molecule has 0 saturated carbocycles. The quantitative estimate of drug-likeness (QED) is 0.517. The van der Waals surface area contributed by atoms with E-state index in [4.69, 9.17) is 5.26 Å². The number of rotatable bonds is 5.